The summed E-state index contributed by atoms with van der Waals surface area (Å²) in [5, 5.41) is 12.8. The minimum atomic E-state index is -3.65. The van der Waals surface area contributed by atoms with Crippen LogP contribution in [-0.2, 0) is 9.09 Å². The van der Waals surface area contributed by atoms with Crippen LogP contribution in [0.1, 0.15) is 25.3 Å². The van der Waals surface area contributed by atoms with Crippen LogP contribution in [0.25, 0.3) is 0 Å². The fourth-order valence-corrected chi connectivity index (χ4v) is 4.05. The molecule has 0 spiro atoms. The molecule has 1 unspecified atom stereocenters. The third kappa shape index (κ3) is 5.47. The van der Waals surface area contributed by atoms with Gasteiger partial charge in [0, 0.05) is 18.4 Å². The van der Waals surface area contributed by atoms with Gasteiger partial charge in [-0.2, -0.15) is 0 Å². The molecule has 26 heavy (non-hydrogen) atoms. The predicted octanol–water partition coefficient (Wildman–Crippen LogP) is 6.03. The summed E-state index contributed by atoms with van der Waals surface area (Å²) in [4.78, 5) is 9.47. The van der Waals surface area contributed by atoms with Gasteiger partial charge in [-0.25, -0.2) is 0 Å². The summed E-state index contributed by atoms with van der Waals surface area (Å²) in [7, 11) is -2.46. The lowest BCUT2D eigenvalue weighted by Crippen LogP contribution is -2.04. The Bertz CT molecular complexity index is 821. The van der Waals surface area contributed by atoms with E-state index in [9.17, 15) is 14.6 Å². The lowest BCUT2D eigenvalue weighted by atomic mass is 10.0. The SMILES string of the molecule is COP(=O)(O)CNc1cc(Br)c(Oc2ccc(O)c(C(C)C)c2)c(Br)c1. The van der Waals surface area contributed by atoms with Gasteiger partial charge < -0.3 is 24.6 Å². The number of benzene rings is 2. The molecule has 2 aromatic carbocycles. The molecule has 3 N–H and O–H groups in total. The van der Waals surface area contributed by atoms with Gasteiger partial charge in [-0.3, -0.25) is 4.57 Å². The highest BCUT2D eigenvalue weighted by molar-refractivity contribution is 9.11. The predicted molar refractivity (Wildman–Crippen MR) is 109 cm³/mol. The minimum absolute atomic E-state index is 0.159. The number of phenols is 1. The molecule has 0 aliphatic carbocycles. The van der Waals surface area contributed by atoms with Gasteiger partial charge in [0.05, 0.1) is 8.95 Å². The Balaban J connectivity index is 2.23. The zero-order valence-electron chi connectivity index (χ0n) is 14.5. The maximum Gasteiger partial charge on any atom is 0.346 e. The van der Waals surface area contributed by atoms with E-state index in [0.717, 1.165) is 5.56 Å². The normalized spacial score (nSPS) is 13.5. The van der Waals surface area contributed by atoms with Crippen molar-refractivity contribution in [3.8, 4) is 17.2 Å². The molecule has 1 atom stereocenters. The number of phenolic OH excluding ortho intramolecular Hbond substituents is 1. The summed E-state index contributed by atoms with van der Waals surface area (Å²) in [6, 6.07) is 8.56. The Morgan fingerprint density at radius 3 is 2.35 bits per heavy atom. The number of rotatable bonds is 7. The largest absolute Gasteiger partial charge is 0.508 e. The zero-order chi connectivity index (χ0) is 19.5. The average Bonchev–Trinajstić information content (AvgIpc) is 2.57. The maximum atomic E-state index is 11.6. The van der Waals surface area contributed by atoms with E-state index in [1.165, 1.54) is 7.11 Å². The molecule has 0 heterocycles. The molecular weight excluding hydrogens is 489 g/mol. The number of anilines is 1. The Kier molecular flexibility index (Phi) is 7.16. The quantitative estimate of drug-likeness (QED) is 0.395. The Hall–Kier alpha value is -1.05. The van der Waals surface area contributed by atoms with E-state index in [2.05, 4.69) is 41.7 Å². The number of hydrogen-bond donors (Lipinski definition) is 3. The van der Waals surface area contributed by atoms with E-state index < -0.39 is 7.60 Å². The molecule has 0 aliphatic heterocycles. The second-order valence-corrected chi connectivity index (χ2v) is 9.57. The summed E-state index contributed by atoms with van der Waals surface area (Å²) in [6.45, 7) is 3.98. The van der Waals surface area contributed by atoms with Crippen molar-refractivity contribution < 1.29 is 23.8 Å². The van der Waals surface area contributed by atoms with Gasteiger partial charge >= 0.3 is 7.60 Å². The molecule has 0 saturated carbocycles. The molecule has 0 radical (unpaired) electrons. The second-order valence-electron chi connectivity index (χ2n) is 5.90. The Morgan fingerprint density at radius 2 is 1.81 bits per heavy atom. The van der Waals surface area contributed by atoms with E-state index in [4.69, 9.17) is 4.74 Å². The van der Waals surface area contributed by atoms with Crippen molar-refractivity contribution in [1.82, 2.24) is 0 Å². The fraction of sp³-hybridized carbons (Fsp3) is 0.294. The van der Waals surface area contributed by atoms with Crippen molar-refractivity contribution in [2.24, 2.45) is 0 Å². The summed E-state index contributed by atoms with van der Waals surface area (Å²) in [5.41, 5.74) is 1.42. The van der Waals surface area contributed by atoms with Gasteiger partial charge in [0.25, 0.3) is 0 Å². The van der Waals surface area contributed by atoms with Crippen LogP contribution in [0.4, 0.5) is 5.69 Å². The zero-order valence-corrected chi connectivity index (χ0v) is 18.6. The monoisotopic (exact) mass is 507 g/mol. The highest BCUT2D eigenvalue weighted by Crippen LogP contribution is 2.43. The van der Waals surface area contributed by atoms with Crippen molar-refractivity contribution in [2.75, 3.05) is 18.7 Å². The molecule has 6 nitrogen and oxygen atoms in total. The molecule has 9 heteroatoms. The highest BCUT2D eigenvalue weighted by atomic mass is 79.9. The van der Waals surface area contributed by atoms with Crippen molar-refractivity contribution >= 4 is 45.1 Å². The summed E-state index contributed by atoms with van der Waals surface area (Å²) >= 11 is 6.90. The van der Waals surface area contributed by atoms with Crippen LogP contribution in [0, 0.1) is 0 Å². The van der Waals surface area contributed by atoms with Gasteiger partial charge in [0.15, 0.2) is 5.75 Å². The van der Waals surface area contributed by atoms with Gasteiger partial charge in [-0.15, -0.1) is 0 Å². The average molecular weight is 509 g/mol. The molecule has 0 aromatic heterocycles. The minimum Gasteiger partial charge on any atom is -0.508 e. The number of ether oxygens (including phenoxy) is 1. The van der Waals surface area contributed by atoms with E-state index in [1.54, 1.807) is 30.3 Å². The summed E-state index contributed by atoms with van der Waals surface area (Å²) in [6.07, 6.45) is -0.210. The van der Waals surface area contributed by atoms with Gasteiger partial charge in [0.1, 0.15) is 17.8 Å². The van der Waals surface area contributed by atoms with E-state index in [-0.39, 0.29) is 18.0 Å². The first-order chi connectivity index (χ1) is 12.1. The molecule has 2 rings (SSSR count). The third-order valence-corrected chi connectivity index (χ3v) is 5.91. The van der Waals surface area contributed by atoms with Crippen LogP contribution in [0.3, 0.4) is 0 Å². The van der Waals surface area contributed by atoms with Crippen molar-refractivity contribution in [3.05, 3.63) is 44.8 Å². The molecular formula is C17H20Br2NO5P. The smallest absolute Gasteiger partial charge is 0.346 e. The second kappa shape index (κ2) is 8.76. The van der Waals surface area contributed by atoms with Crippen molar-refractivity contribution in [2.45, 2.75) is 19.8 Å². The van der Waals surface area contributed by atoms with Crippen LogP contribution in [0.5, 0.6) is 17.2 Å². The van der Waals surface area contributed by atoms with Crippen LogP contribution in [0.15, 0.2) is 39.3 Å². The van der Waals surface area contributed by atoms with Crippen molar-refractivity contribution in [1.29, 1.82) is 0 Å². The molecule has 142 valence electrons. The standard InChI is InChI=1S/C17H20Br2NO5P/c1-10(2)13-8-12(4-5-16(13)21)25-17-14(18)6-11(7-15(17)19)20-9-26(22,23)24-3/h4-8,10,20-21H,9H2,1-3H3,(H,22,23). The van der Waals surface area contributed by atoms with E-state index in [0.29, 0.717) is 26.1 Å². The first kappa shape index (κ1) is 21.3. The molecule has 0 fully saturated rings. The third-order valence-electron chi connectivity index (χ3n) is 3.61. The number of hydrogen-bond acceptors (Lipinski definition) is 5. The summed E-state index contributed by atoms with van der Waals surface area (Å²) in [5.74, 6) is 1.53. The lowest BCUT2D eigenvalue weighted by Gasteiger charge is -2.16. The molecule has 0 amide bonds. The molecule has 0 saturated heterocycles. The lowest BCUT2D eigenvalue weighted by molar-refractivity contribution is 0.318. The van der Waals surface area contributed by atoms with Crippen LogP contribution >= 0.6 is 39.5 Å². The van der Waals surface area contributed by atoms with Crippen LogP contribution in [0.2, 0.25) is 0 Å². The first-order valence-corrected chi connectivity index (χ1v) is 11.1. The maximum absolute atomic E-state index is 11.6. The van der Waals surface area contributed by atoms with E-state index >= 15 is 0 Å². The Labute approximate surface area is 169 Å². The highest BCUT2D eigenvalue weighted by Gasteiger charge is 2.18. The molecule has 0 bridgehead atoms. The van der Waals surface area contributed by atoms with Crippen molar-refractivity contribution in [3.63, 3.8) is 0 Å². The number of nitrogens with one attached hydrogen (secondary N) is 1. The fourth-order valence-electron chi connectivity index (χ4n) is 2.19. The van der Waals surface area contributed by atoms with Crippen LogP contribution < -0.4 is 10.1 Å². The molecule has 0 aliphatic rings. The number of halogens is 2. The Morgan fingerprint density at radius 1 is 1.19 bits per heavy atom. The van der Waals surface area contributed by atoms with E-state index in [1.807, 2.05) is 13.8 Å². The topological polar surface area (TPSA) is 88.0 Å². The van der Waals surface area contributed by atoms with Gasteiger partial charge in [0.2, 0.25) is 0 Å². The number of aromatic hydroxyl groups is 1. The summed E-state index contributed by atoms with van der Waals surface area (Å²) < 4.78 is 23.3. The first-order valence-electron chi connectivity index (χ1n) is 7.74. The van der Waals surface area contributed by atoms with Crippen LogP contribution in [-0.4, -0.2) is 23.4 Å². The van der Waals surface area contributed by atoms with Gasteiger partial charge in [-0.1, -0.05) is 13.8 Å². The van der Waals surface area contributed by atoms with Gasteiger partial charge in [-0.05, 0) is 68.1 Å². The molecule has 2 aromatic rings.